The first kappa shape index (κ1) is 10.3. The van der Waals surface area contributed by atoms with Gasteiger partial charge in [0.1, 0.15) is 0 Å². The summed E-state index contributed by atoms with van der Waals surface area (Å²) in [6.45, 7) is 8.97. The molecule has 0 N–H and O–H groups in total. The maximum atomic E-state index is 11.2. The number of ether oxygens (including phenoxy) is 1. The van der Waals surface area contributed by atoms with Crippen molar-refractivity contribution in [1.82, 2.24) is 4.90 Å². The molecule has 3 nitrogen and oxygen atoms in total. The van der Waals surface area contributed by atoms with E-state index in [2.05, 4.69) is 23.1 Å². The Bertz CT molecular complexity index is 213. The van der Waals surface area contributed by atoms with E-state index in [1.165, 1.54) is 7.11 Å². The fourth-order valence-corrected chi connectivity index (χ4v) is 1.70. The molecule has 0 aliphatic carbocycles. The Hall–Kier alpha value is -0.830. The number of nitrogens with zero attached hydrogens (tertiary/aromatic N) is 1. The highest BCUT2D eigenvalue weighted by molar-refractivity contribution is 5.88. The number of carbonyl (C=O) groups is 1. The Balaban J connectivity index is 2.46. The van der Waals surface area contributed by atoms with Gasteiger partial charge in [-0.3, -0.25) is 0 Å². The van der Waals surface area contributed by atoms with Gasteiger partial charge < -0.3 is 9.64 Å². The SMILES string of the molecule is C=C(C(=O)OC)C1CCN(CC)C1. The summed E-state index contributed by atoms with van der Waals surface area (Å²) >= 11 is 0. The van der Waals surface area contributed by atoms with E-state index in [4.69, 9.17) is 0 Å². The van der Waals surface area contributed by atoms with E-state index in [9.17, 15) is 4.79 Å². The van der Waals surface area contributed by atoms with Crippen LogP contribution in [0.15, 0.2) is 12.2 Å². The van der Waals surface area contributed by atoms with Crippen LogP contribution in [0.5, 0.6) is 0 Å². The number of methoxy groups -OCH3 is 1. The molecule has 1 saturated heterocycles. The predicted octanol–water partition coefficient (Wildman–Crippen LogP) is 1.06. The van der Waals surface area contributed by atoms with Crippen LogP contribution in [0.1, 0.15) is 13.3 Å². The average molecular weight is 183 g/mol. The summed E-state index contributed by atoms with van der Waals surface area (Å²) < 4.78 is 4.64. The van der Waals surface area contributed by atoms with Gasteiger partial charge in [-0.15, -0.1) is 0 Å². The fourth-order valence-electron chi connectivity index (χ4n) is 1.70. The molecule has 1 aliphatic heterocycles. The number of rotatable bonds is 3. The van der Waals surface area contributed by atoms with Crippen LogP contribution >= 0.6 is 0 Å². The van der Waals surface area contributed by atoms with Gasteiger partial charge in [0.15, 0.2) is 0 Å². The molecule has 1 aliphatic rings. The van der Waals surface area contributed by atoms with E-state index in [1.807, 2.05) is 0 Å². The van der Waals surface area contributed by atoms with Gasteiger partial charge in [-0.2, -0.15) is 0 Å². The second kappa shape index (κ2) is 4.42. The van der Waals surface area contributed by atoms with Gasteiger partial charge >= 0.3 is 5.97 Å². The van der Waals surface area contributed by atoms with Crippen molar-refractivity contribution >= 4 is 5.97 Å². The summed E-state index contributed by atoms with van der Waals surface area (Å²) in [6.07, 6.45) is 1.03. The Morgan fingerprint density at radius 1 is 1.69 bits per heavy atom. The van der Waals surface area contributed by atoms with Crippen LogP contribution < -0.4 is 0 Å². The molecule has 0 aromatic rings. The minimum Gasteiger partial charge on any atom is -0.466 e. The molecule has 0 aromatic heterocycles. The Kier molecular flexibility index (Phi) is 3.48. The smallest absolute Gasteiger partial charge is 0.333 e. The van der Waals surface area contributed by atoms with E-state index >= 15 is 0 Å². The summed E-state index contributed by atoms with van der Waals surface area (Å²) in [6, 6.07) is 0. The van der Waals surface area contributed by atoms with Crippen molar-refractivity contribution in [3.63, 3.8) is 0 Å². The third kappa shape index (κ3) is 2.31. The molecular formula is C10H17NO2. The summed E-state index contributed by atoms with van der Waals surface area (Å²) in [5, 5.41) is 0. The fraction of sp³-hybridized carbons (Fsp3) is 0.700. The van der Waals surface area contributed by atoms with Crippen LogP contribution in [0.25, 0.3) is 0 Å². The van der Waals surface area contributed by atoms with Gasteiger partial charge in [0.2, 0.25) is 0 Å². The monoisotopic (exact) mass is 183 g/mol. The van der Waals surface area contributed by atoms with Crippen LogP contribution in [0.3, 0.4) is 0 Å². The summed E-state index contributed by atoms with van der Waals surface area (Å²) in [5.74, 6) is 0.0374. The maximum Gasteiger partial charge on any atom is 0.333 e. The molecule has 74 valence electrons. The van der Waals surface area contributed by atoms with Crippen molar-refractivity contribution in [2.24, 2.45) is 5.92 Å². The average Bonchev–Trinajstić information content (AvgIpc) is 2.63. The van der Waals surface area contributed by atoms with Gasteiger partial charge in [-0.25, -0.2) is 4.79 Å². The molecule has 13 heavy (non-hydrogen) atoms. The van der Waals surface area contributed by atoms with Gasteiger partial charge in [-0.1, -0.05) is 13.5 Å². The van der Waals surface area contributed by atoms with E-state index in [-0.39, 0.29) is 5.97 Å². The van der Waals surface area contributed by atoms with Crippen LogP contribution in [-0.4, -0.2) is 37.6 Å². The van der Waals surface area contributed by atoms with Crippen molar-refractivity contribution in [3.05, 3.63) is 12.2 Å². The number of carbonyl (C=O) groups excluding carboxylic acids is 1. The molecule has 1 heterocycles. The standard InChI is InChI=1S/C10H17NO2/c1-4-11-6-5-9(7-11)8(2)10(12)13-3/h9H,2,4-7H2,1,3H3. The Morgan fingerprint density at radius 3 is 2.85 bits per heavy atom. The van der Waals surface area contributed by atoms with Crippen molar-refractivity contribution in [3.8, 4) is 0 Å². The first-order chi connectivity index (χ1) is 6.19. The molecule has 0 radical (unpaired) electrons. The van der Waals surface area contributed by atoms with Crippen LogP contribution in [0, 0.1) is 5.92 Å². The third-order valence-electron chi connectivity index (χ3n) is 2.66. The largest absolute Gasteiger partial charge is 0.466 e. The van der Waals surface area contributed by atoms with Gasteiger partial charge in [0.05, 0.1) is 7.11 Å². The molecular weight excluding hydrogens is 166 g/mol. The van der Waals surface area contributed by atoms with Crippen molar-refractivity contribution < 1.29 is 9.53 Å². The zero-order chi connectivity index (χ0) is 9.84. The lowest BCUT2D eigenvalue weighted by Crippen LogP contribution is -2.21. The zero-order valence-electron chi connectivity index (χ0n) is 8.38. The molecule has 1 fully saturated rings. The van der Waals surface area contributed by atoms with Crippen molar-refractivity contribution in [2.45, 2.75) is 13.3 Å². The van der Waals surface area contributed by atoms with E-state index < -0.39 is 0 Å². The van der Waals surface area contributed by atoms with Crippen molar-refractivity contribution in [2.75, 3.05) is 26.7 Å². The molecule has 0 amide bonds. The van der Waals surface area contributed by atoms with Crippen LogP contribution in [-0.2, 0) is 9.53 Å². The van der Waals surface area contributed by atoms with Gasteiger partial charge in [0.25, 0.3) is 0 Å². The molecule has 1 atom stereocenters. The Morgan fingerprint density at radius 2 is 2.38 bits per heavy atom. The lowest BCUT2D eigenvalue weighted by atomic mass is 10.0. The lowest BCUT2D eigenvalue weighted by molar-refractivity contribution is -0.136. The summed E-state index contributed by atoms with van der Waals surface area (Å²) in [4.78, 5) is 13.5. The van der Waals surface area contributed by atoms with Crippen LogP contribution in [0.4, 0.5) is 0 Å². The third-order valence-corrected chi connectivity index (χ3v) is 2.66. The minimum absolute atomic E-state index is 0.261. The van der Waals surface area contributed by atoms with Gasteiger partial charge in [-0.05, 0) is 19.5 Å². The van der Waals surface area contributed by atoms with Gasteiger partial charge in [0, 0.05) is 18.0 Å². The molecule has 3 heteroatoms. The lowest BCUT2D eigenvalue weighted by Gasteiger charge is -2.13. The zero-order valence-corrected chi connectivity index (χ0v) is 8.38. The predicted molar refractivity (Wildman–Crippen MR) is 51.4 cm³/mol. The first-order valence-electron chi connectivity index (χ1n) is 4.68. The maximum absolute atomic E-state index is 11.2. The Labute approximate surface area is 79.4 Å². The number of esters is 1. The number of hydrogen-bond acceptors (Lipinski definition) is 3. The second-order valence-electron chi connectivity index (χ2n) is 3.40. The van der Waals surface area contributed by atoms with E-state index in [0.717, 1.165) is 26.1 Å². The summed E-state index contributed by atoms with van der Waals surface area (Å²) in [7, 11) is 1.40. The molecule has 0 aromatic carbocycles. The highest BCUT2D eigenvalue weighted by atomic mass is 16.5. The quantitative estimate of drug-likeness (QED) is 0.484. The van der Waals surface area contributed by atoms with Crippen molar-refractivity contribution in [1.29, 1.82) is 0 Å². The molecule has 1 rings (SSSR count). The van der Waals surface area contributed by atoms with E-state index in [0.29, 0.717) is 11.5 Å². The highest BCUT2D eigenvalue weighted by Crippen LogP contribution is 2.22. The highest BCUT2D eigenvalue weighted by Gasteiger charge is 2.26. The van der Waals surface area contributed by atoms with E-state index in [1.54, 1.807) is 0 Å². The second-order valence-corrected chi connectivity index (χ2v) is 3.40. The topological polar surface area (TPSA) is 29.5 Å². The molecule has 0 saturated carbocycles. The van der Waals surface area contributed by atoms with Crippen LogP contribution in [0.2, 0.25) is 0 Å². The summed E-state index contributed by atoms with van der Waals surface area (Å²) in [5.41, 5.74) is 0.624. The molecule has 0 spiro atoms. The minimum atomic E-state index is -0.261. The number of hydrogen-bond donors (Lipinski definition) is 0. The molecule has 0 bridgehead atoms. The normalized spacial score (nSPS) is 23.1. The first-order valence-corrected chi connectivity index (χ1v) is 4.68. The molecule has 1 unspecified atom stereocenters. The number of likely N-dealkylation sites (tertiary alicyclic amines) is 1.